The Hall–Kier alpha value is -1.41. The minimum atomic E-state index is 0.455. The molecule has 0 fully saturated rings. The maximum absolute atomic E-state index is 5.84. The Balaban J connectivity index is 2.67. The molecule has 0 aliphatic rings. The van der Waals surface area contributed by atoms with Crippen LogP contribution in [0.25, 0.3) is 0 Å². The van der Waals surface area contributed by atoms with Crippen molar-refractivity contribution in [1.82, 2.24) is 0 Å². The predicted octanol–water partition coefficient (Wildman–Crippen LogP) is 5.39. The van der Waals surface area contributed by atoms with Crippen LogP contribution in [-0.2, 0) is 11.3 Å². The van der Waals surface area contributed by atoms with Crippen LogP contribution >= 0.6 is 0 Å². The third-order valence-electron chi connectivity index (χ3n) is 3.26. The van der Waals surface area contributed by atoms with Crippen LogP contribution in [0.5, 0.6) is 0 Å². The monoisotopic (exact) mass is 287 g/mol. The standard InChI is InChI=1S/C19H29NO/c1-6-10-18(20-19(15(2)3)16(4)5)14-21-13-17-11-8-7-9-12-17/h7-9,11-12,15H,6,10,13-14H2,1-5H3. The van der Waals surface area contributed by atoms with Crippen molar-refractivity contribution in [3.8, 4) is 0 Å². The topological polar surface area (TPSA) is 21.6 Å². The Bertz CT molecular complexity index is 468. The molecule has 21 heavy (non-hydrogen) atoms. The molecule has 0 unspecified atom stereocenters. The first-order valence-electron chi connectivity index (χ1n) is 7.90. The van der Waals surface area contributed by atoms with E-state index in [9.17, 15) is 0 Å². The molecule has 0 saturated carbocycles. The number of hydrogen-bond donors (Lipinski definition) is 0. The third kappa shape index (κ3) is 6.72. The molecule has 0 N–H and O–H groups in total. The fraction of sp³-hybridized carbons (Fsp3) is 0.526. The molecule has 116 valence electrons. The van der Waals surface area contributed by atoms with Crippen molar-refractivity contribution >= 4 is 5.71 Å². The average Bonchev–Trinajstić information content (AvgIpc) is 2.45. The summed E-state index contributed by atoms with van der Waals surface area (Å²) in [7, 11) is 0. The molecular formula is C19H29NO. The number of hydrogen-bond acceptors (Lipinski definition) is 2. The lowest BCUT2D eigenvalue weighted by Gasteiger charge is -2.13. The molecule has 0 aliphatic heterocycles. The lowest BCUT2D eigenvalue weighted by atomic mass is 10.1. The predicted molar refractivity (Wildman–Crippen MR) is 91.7 cm³/mol. The van der Waals surface area contributed by atoms with Gasteiger partial charge in [-0.15, -0.1) is 0 Å². The largest absolute Gasteiger partial charge is 0.371 e. The van der Waals surface area contributed by atoms with Crippen LogP contribution in [0.15, 0.2) is 46.6 Å². The molecule has 1 aromatic rings. The van der Waals surface area contributed by atoms with E-state index in [1.165, 1.54) is 16.8 Å². The Kier molecular flexibility index (Phi) is 7.99. The minimum Gasteiger partial charge on any atom is -0.371 e. The average molecular weight is 287 g/mol. The zero-order valence-electron chi connectivity index (χ0n) is 14.1. The van der Waals surface area contributed by atoms with Gasteiger partial charge in [-0.25, -0.2) is 0 Å². The van der Waals surface area contributed by atoms with Crippen LogP contribution in [0.4, 0.5) is 0 Å². The molecule has 2 nitrogen and oxygen atoms in total. The summed E-state index contributed by atoms with van der Waals surface area (Å²) in [6.07, 6.45) is 2.10. The second kappa shape index (κ2) is 9.51. The van der Waals surface area contributed by atoms with Crippen LogP contribution < -0.4 is 0 Å². The molecule has 0 spiro atoms. The first kappa shape index (κ1) is 17.6. The fourth-order valence-corrected chi connectivity index (χ4v) is 2.30. The van der Waals surface area contributed by atoms with E-state index < -0.39 is 0 Å². The van der Waals surface area contributed by atoms with Crippen molar-refractivity contribution < 1.29 is 4.74 Å². The van der Waals surface area contributed by atoms with Crippen molar-refractivity contribution in [3.63, 3.8) is 0 Å². The molecule has 0 amide bonds. The molecular weight excluding hydrogens is 258 g/mol. The zero-order chi connectivity index (χ0) is 15.7. The van der Waals surface area contributed by atoms with E-state index in [-0.39, 0.29) is 0 Å². The summed E-state index contributed by atoms with van der Waals surface area (Å²) in [5, 5.41) is 0. The lowest BCUT2D eigenvalue weighted by Crippen LogP contribution is -2.11. The normalized spacial score (nSPS) is 11.8. The second-order valence-electron chi connectivity index (χ2n) is 5.95. The van der Waals surface area contributed by atoms with E-state index in [2.05, 4.69) is 46.8 Å². The summed E-state index contributed by atoms with van der Waals surface area (Å²) in [4.78, 5) is 4.87. The van der Waals surface area contributed by atoms with Crippen molar-refractivity contribution in [2.45, 2.75) is 54.1 Å². The van der Waals surface area contributed by atoms with Gasteiger partial charge in [0.1, 0.15) is 0 Å². The summed E-state index contributed by atoms with van der Waals surface area (Å²) in [5.41, 5.74) is 4.85. The van der Waals surface area contributed by atoms with Gasteiger partial charge in [0.15, 0.2) is 0 Å². The molecule has 0 aromatic heterocycles. The summed E-state index contributed by atoms with van der Waals surface area (Å²) >= 11 is 0. The number of allylic oxidation sites excluding steroid dienone is 2. The van der Waals surface area contributed by atoms with E-state index in [1.54, 1.807) is 0 Å². The Morgan fingerprint density at radius 2 is 1.81 bits per heavy atom. The van der Waals surface area contributed by atoms with Crippen molar-refractivity contribution in [2.24, 2.45) is 10.9 Å². The molecule has 0 atom stereocenters. The van der Waals surface area contributed by atoms with Crippen LogP contribution in [0.2, 0.25) is 0 Å². The molecule has 0 bridgehead atoms. The Morgan fingerprint density at radius 3 is 2.33 bits per heavy atom. The van der Waals surface area contributed by atoms with E-state index in [0.717, 1.165) is 18.6 Å². The van der Waals surface area contributed by atoms with Gasteiger partial charge in [0.25, 0.3) is 0 Å². The van der Waals surface area contributed by atoms with Gasteiger partial charge < -0.3 is 4.74 Å². The number of nitrogens with zero attached hydrogens (tertiary/aromatic N) is 1. The van der Waals surface area contributed by atoms with Crippen molar-refractivity contribution in [2.75, 3.05) is 6.61 Å². The summed E-state index contributed by atoms with van der Waals surface area (Å²) < 4.78 is 5.84. The lowest BCUT2D eigenvalue weighted by molar-refractivity contribution is 0.157. The summed E-state index contributed by atoms with van der Waals surface area (Å²) in [6, 6.07) is 10.3. The summed E-state index contributed by atoms with van der Waals surface area (Å²) in [6.45, 7) is 12.1. The number of aliphatic imine (C=N–C) groups is 1. The van der Waals surface area contributed by atoms with E-state index in [1.807, 2.05) is 18.2 Å². The van der Waals surface area contributed by atoms with Crippen LogP contribution in [0, 0.1) is 5.92 Å². The molecule has 1 rings (SSSR count). The molecule has 1 aromatic carbocycles. The Labute approximate surface area is 129 Å². The Morgan fingerprint density at radius 1 is 1.14 bits per heavy atom. The quantitative estimate of drug-likeness (QED) is 0.587. The van der Waals surface area contributed by atoms with Gasteiger partial charge in [-0.3, -0.25) is 4.99 Å². The van der Waals surface area contributed by atoms with Gasteiger partial charge in [0, 0.05) is 11.4 Å². The number of rotatable bonds is 8. The minimum absolute atomic E-state index is 0.455. The van der Waals surface area contributed by atoms with Gasteiger partial charge >= 0.3 is 0 Å². The van der Waals surface area contributed by atoms with Crippen molar-refractivity contribution in [3.05, 3.63) is 47.2 Å². The first-order chi connectivity index (χ1) is 10.0. The second-order valence-corrected chi connectivity index (χ2v) is 5.95. The van der Waals surface area contributed by atoms with Crippen molar-refractivity contribution in [1.29, 1.82) is 0 Å². The highest BCUT2D eigenvalue weighted by Crippen LogP contribution is 2.17. The van der Waals surface area contributed by atoms with E-state index in [0.29, 0.717) is 19.1 Å². The highest BCUT2D eigenvalue weighted by atomic mass is 16.5. The maximum Gasteiger partial charge on any atom is 0.0853 e. The molecule has 0 saturated heterocycles. The van der Waals surface area contributed by atoms with Crippen LogP contribution in [0.1, 0.15) is 53.0 Å². The van der Waals surface area contributed by atoms with Crippen LogP contribution in [-0.4, -0.2) is 12.3 Å². The zero-order valence-corrected chi connectivity index (χ0v) is 14.1. The SMILES string of the molecule is CCCC(COCc1ccccc1)=NC(=C(C)C)C(C)C. The summed E-state index contributed by atoms with van der Waals surface area (Å²) in [5.74, 6) is 0.455. The van der Waals surface area contributed by atoms with E-state index >= 15 is 0 Å². The number of ether oxygens (including phenoxy) is 1. The van der Waals surface area contributed by atoms with Crippen LogP contribution in [0.3, 0.4) is 0 Å². The van der Waals surface area contributed by atoms with Gasteiger partial charge in [-0.05, 0) is 31.7 Å². The van der Waals surface area contributed by atoms with E-state index in [4.69, 9.17) is 9.73 Å². The number of benzene rings is 1. The molecule has 0 heterocycles. The third-order valence-corrected chi connectivity index (χ3v) is 3.26. The highest BCUT2D eigenvalue weighted by Gasteiger charge is 2.07. The van der Waals surface area contributed by atoms with Gasteiger partial charge in [0.05, 0.1) is 13.2 Å². The highest BCUT2D eigenvalue weighted by molar-refractivity contribution is 5.86. The van der Waals surface area contributed by atoms with Gasteiger partial charge in [-0.2, -0.15) is 0 Å². The van der Waals surface area contributed by atoms with Gasteiger partial charge in [-0.1, -0.05) is 63.1 Å². The maximum atomic E-state index is 5.84. The molecule has 2 heteroatoms. The fourth-order valence-electron chi connectivity index (χ4n) is 2.30. The molecule has 0 radical (unpaired) electrons. The smallest absolute Gasteiger partial charge is 0.0853 e. The molecule has 0 aliphatic carbocycles. The first-order valence-corrected chi connectivity index (χ1v) is 7.90. The van der Waals surface area contributed by atoms with Gasteiger partial charge in [0.2, 0.25) is 0 Å².